The summed E-state index contributed by atoms with van der Waals surface area (Å²) in [7, 11) is 0. The normalized spacial score (nSPS) is 11.4. The third kappa shape index (κ3) is 4.03. The van der Waals surface area contributed by atoms with Crippen molar-refractivity contribution in [3.8, 4) is 11.8 Å². The first-order valence-corrected chi connectivity index (χ1v) is 10.6. The molecule has 1 heterocycles. The van der Waals surface area contributed by atoms with Crippen LogP contribution in [-0.4, -0.2) is 10.5 Å². The molecule has 4 nitrogen and oxygen atoms in total. The molecule has 5 heteroatoms. The van der Waals surface area contributed by atoms with Gasteiger partial charge in [0.15, 0.2) is 0 Å². The number of fused-ring (bicyclic) bond motifs is 1. The van der Waals surface area contributed by atoms with E-state index in [1.165, 1.54) is 0 Å². The fraction of sp³-hybridized carbons (Fsp3) is 0.111. The molecule has 158 valence electrons. The lowest BCUT2D eigenvalue weighted by molar-refractivity contribution is -0.112. The Labute approximate surface area is 192 Å². The van der Waals surface area contributed by atoms with Gasteiger partial charge < -0.3 is 9.88 Å². The number of halogens is 1. The van der Waals surface area contributed by atoms with E-state index >= 15 is 0 Å². The molecule has 1 N–H and O–H groups in total. The van der Waals surface area contributed by atoms with Crippen molar-refractivity contribution in [1.29, 1.82) is 5.26 Å². The number of hydrogen-bond acceptors (Lipinski definition) is 2. The molecule has 32 heavy (non-hydrogen) atoms. The van der Waals surface area contributed by atoms with Crippen LogP contribution in [0, 0.1) is 32.1 Å². The minimum atomic E-state index is -0.470. The third-order valence-electron chi connectivity index (χ3n) is 5.57. The maximum absolute atomic E-state index is 12.7. The second-order valence-electron chi connectivity index (χ2n) is 7.75. The molecule has 4 aromatic rings. The number of carbonyl (C=O) groups excluding carboxylic acids is 1. The molecule has 0 radical (unpaired) electrons. The van der Waals surface area contributed by atoms with Gasteiger partial charge in [-0.25, -0.2) is 0 Å². The summed E-state index contributed by atoms with van der Waals surface area (Å²) in [5.74, 6) is -0.470. The lowest BCUT2D eigenvalue weighted by Gasteiger charge is -2.13. The minimum Gasteiger partial charge on any atom is -0.321 e. The van der Waals surface area contributed by atoms with E-state index < -0.39 is 5.91 Å². The second kappa shape index (κ2) is 8.74. The van der Waals surface area contributed by atoms with Crippen LogP contribution in [0.1, 0.15) is 22.5 Å². The summed E-state index contributed by atoms with van der Waals surface area (Å²) in [5.41, 5.74) is 5.36. The molecule has 4 rings (SSSR count). The summed E-state index contributed by atoms with van der Waals surface area (Å²) in [6.45, 7) is 5.90. The van der Waals surface area contributed by atoms with Crippen LogP contribution in [0.2, 0.25) is 5.02 Å². The van der Waals surface area contributed by atoms with E-state index in [9.17, 15) is 10.1 Å². The Kier molecular flexibility index (Phi) is 5.85. The molecule has 0 saturated heterocycles. The van der Waals surface area contributed by atoms with Crippen LogP contribution in [0.5, 0.6) is 0 Å². The Bertz CT molecular complexity index is 1420. The summed E-state index contributed by atoms with van der Waals surface area (Å²) in [6.07, 6.45) is 1.63. The molecule has 0 aliphatic rings. The highest BCUT2D eigenvalue weighted by molar-refractivity contribution is 6.31. The second-order valence-corrected chi connectivity index (χ2v) is 8.16. The predicted molar refractivity (Wildman–Crippen MR) is 131 cm³/mol. The first kappa shape index (κ1) is 21.4. The number of benzene rings is 3. The van der Waals surface area contributed by atoms with Crippen LogP contribution in [-0.2, 0) is 4.79 Å². The molecule has 0 spiro atoms. The first-order valence-electron chi connectivity index (χ1n) is 10.3. The molecule has 0 unspecified atom stereocenters. The average molecular weight is 440 g/mol. The van der Waals surface area contributed by atoms with Crippen molar-refractivity contribution in [2.75, 3.05) is 5.32 Å². The first-order chi connectivity index (χ1) is 15.4. The number of nitrogens with zero attached hydrogens (tertiary/aromatic N) is 2. The summed E-state index contributed by atoms with van der Waals surface area (Å²) >= 11 is 6.15. The van der Waals surface area contributed by atoms with Crippen LogP contribution in [0.3, 0.4) is 0 Å². The van der Waals surface area contributed by atoms with E-state index in [0.717, 1.165) is 39.0 Å². The molecule has 0 aliphatic heterocycles. The van der Waals surface area contributed by atoms with Crippen LogP contribution in [0.15, 0.2) is 72.3 Å². The Morgan fingerprint density at radius 1 is 1.03 bits per heavy atom. The number of hydrogen-bond donors (Lipinski definition) is 1. The topological polar surface area (TPSA) is 57.8 Å². The van der Waals surface area contributed by atoms with Crippen molar-refractivity contribution in [1.82, 2.24) is 4.57 Å². The Morgan fingerprint density at radius 2 is 1.78 bits per heavy atom. The summed E-state index contributed by atoms with van der Waals surface area (Å²) in [6, 6.07) is 23.7. The maximum atomic E-state index is 12.7. The molecular formula is C27H22ClN3O. The number of amides is 1. The van der Waals surface area contributed by atoms with Crippen LogP contribution >= 0.6 is 11.6 Å². The van der Waals surface area contributed by atoms with E-state index in [1.807, 2.05) is 57.2 Å². The van der Waals surface area contributed by atoms with Gasteiger partial charge >= 0.3 is 0 Å². The van der Waals surface area contributed by atoms with Crippen molar-refractivity contribution in [2.45, 2.75) is 20.8 Å². The SMILES string of the molecule is Cc1ccc(NC(=O)/C(C#N)=C/c2cc(C)n(-c3cccc4ccccc34)c2C)cc1Cl. The minimum absolute atomic E-state index is 0.0277. The van der Waals surface area contributed by atoms with Gasteiger partial charge in [-0.1, -0.05) is 54.1 Å². The summed E-state index contributed by atoms with van der Waals surface area (Å²) in [4.78, 5) is 12.7. The van der Waals surface area contributed by atoms with Crippen molar-refractivity contribution in [3.63, 3.8) is 0 Å². The van der Waals surface area contributed by atoms with Gasteiger partial charge in [0.2, 0.25) is 0 Å². The highest BCUT2D eigenvalue weighted by Gasteiger charge is 2.15. The highest BCUT2D eigenvalue weighted by Crippen LogP contribution is 2.28. The molecule has 0 aliphatic carbocycles. The highest BCUT2D eigenvalue weighted by atomic mass is 35.5. The van der Waals surface area contributed by atoms with Crippen molar-refractivity contribution >= 4 is 40.0 Å². The summed E-state index contributed by atoms with van der Waals surface area (Å²) < 4.78 is 2.15. The van der Waals surface area contributed by atoms with Gasteiger partial charge in [-0.05, 0) is 67.6 Å². The molecule has 0 saturated carbocycles. The Balaban J connectivity index is 1.71. The molecule has 3 aromatic carbocycles. The zero-order valence-corrected chi connectivity index (χ0v) is 18.9. The predicted octanol–water partition coefficient (Wildman–Crippen LogP) is 6.75. The standard InChI is InChI=1S/C27H22ClN3O/c1-17-11-12-23(15-25(17)28)30-27(32)22(16-29)14-21-13-18(2)31(19(21)3)26-10-6-8-20-7-4-5-9-24(20)26/h4-15H,1-3H3,(H,30,32)/b22-14+. The fourth-order valence-electron chi connectivity index (χ4n) is 3.88. The van der Waals surface area contributed by atoms with Crippen molar-refractivity contribution < 1.29 is 4.79 Å². The number of aromatic nitrogens is 1. The lowest BCUT2D eigenvalue weighted by atomic mass is 10.1. The van der Waals surface area contributed by atoms with Crippen LogP contribution in [0.4, 0.5) is 5.69 Å². The fourth-order valence-corrected chi connectivity index (χ4v) is 4.06. The Hall–Kier alpha value is -3.81. The van der Waals surface area contributed by atoms with Gasteiger partial charge in [0.05, 0.1) is 5.69 Å². The number of aryl methyl sites for hydroxylation is 2. The van der Waals surface area contributed by atoms with Crippen LogP contribution < -0.4 is 5.32 Å². The molecule has 1 aromatic heterocycles. The largest absolute Gasteiger partial charge is 0.321 e. The number of anilines is 1. The number of nitrogens with one attached hydrogen (secondary N) is 1. The van der Waals surface area contributed by atoms with E-state index in [1.54, 1.807) is 18.2 Å². The van der Waals surface area contributed by atoms with Gasteiger partial charge in [0.1, 0.15) is 11.6 Å². The van der Waals surface area contributed by atoms with E-state index in [4.69, 9.17) is 11.6 Å². The van der Waals surface area contributed by atoms with Gasteiger partial charge in [-0.3, -0.25) is 4.79 Å². The number of rotatable bonds is 4. The van der Waals surface area contributed by atoms with Crippen molar-refractivity contribution in [2.24, 2.45) is 0 Å². The molecule has 0 atom stereocenters. The van der Waals surface area contributed by atoms with E-state index in [2.05, 4.69) is 34.1 Å². The van der Waals surface area contributed by atoms with Gasteiger partial charge in [0.25, 0.3) is 5.91 Å². The van der Waals surface area contributed by atoms with E-state index in [-0.39, 0.29) is 5.57 Å². The quantitative estimate of drug-likeness (QED) is 0.282. The lowest BCUT2D eigenvalue weighted by Crippen LogP contribution is -2.13. The van der Waals surface area contributed by atoms with Gasteiger partial charge in [-0.15, -0.1) is 0 Å². The molecule has 0 bridgehead atoms. The average Bonchev–Trinajstić information content (AvgIpc) is 3.06. The zero-order chi connectivity index (χ0) is 22.8. The monoisotopic (exact) mass is 439 g/mol. The number of carbonyl (C=O) groups is 1. The van der Waals surface area contributed by atoms with Crippen molar-refractivity contribution in [3.05, 3.63) is 99.8 Å². The third-order valence-corrected chi connectivity index (χ3v) is 5.98. The number of nitriles is 1. The van der Waals surface area contributed by atoms with Crippen LogP contribution in [0.25, 0.3) is 22.5 Å². The molecule has 0 fully saturated rings. The molecular weight excluding hydrogens is 418 g/mol. The zero-order valence-electron chi connectivity index (χ0n) is 18.1. The maximum Gasteiger partial charge on any atom is 0.266 e. The Morgan fingerprint density at radius 3 is 2.53 bits per heavy atom. The van der Waals surface area contributed by atoms with Gasteiger partial charge in [-0.2, -0.15) is 5.26 Å². The van der Waals surface area contributed by atoms with Gasteiger partial charge in [0, 0.05) is 27.5 Å². The smallest absolute Gasteiger partial charge is 0.266 e. The van der Waals surface area contributed by atoms with E-state index in [0.29, 0.717) is 10.7 Å². The summed E-state index contributed by atoms with van der Waals surface area (Å²) in [5, 5.41) is 15.3. The molecule has 1 amide bonds.